The van der Waals surface area contributed by atoms with E-state index in [1.807, 2.05) is 18.3 Å². The zero-order chi connectivity index (χ0) is 12.3. The van der Waals surface area contributed by atoms with Crippen LogP contribution in [0.25, 0.3) is 0 Å². The number of hydrogen-bond donors (Lipinski definition) is 2. The molecule has 1 heterocycles. The van der Waals surface area contributed by atoms with Crippen LogP contribution in [0.1, 0.15) is 31.9 Å². The molecule has 1 aliphatic carbocycles. The molecule has 0 amide bonds. The van der Waals surface area contributed by atoms with Gasteiger partial charge in [0.25, 0.3) is 0 Å². The van der Waals surface area contributed by atoms with E-state index in [1.54, 1.807) is 0 Å². The number of nitrogens with two attached hydrogens (primary N) is 1. The maximum atomic E-state index is 7.32. The van der Waals surface area contributed by atoms with E-state index < -0.39 is 0 Å². The zero-order valence-corrected chi connectivity index (χ0v) is 10.3. The molecule has 1 aromatic heterocycles. The number of hydrogen-bond acceptors (Lipinski definition) is 3. The molecule has 0 atom stereocenters. The third kappa shape index (κ3) is 3.19. The van der Waals surface area contributed by atoms with Crippen LogP contribution in [0.3, 0.4) is 0 Å². The van der Waals surface area contributed by atoms with Gasteiger partial charge in [0.2, 0.25) is 0 Å². The summed E-state index contributed by atoms with van der Waals surface area (Å²) in [6.07, 6.45) is 5.69. The van der Waals surface area contributed by atoms with Gasteiger partial charge in [0, 0.05) is 13.1 Å². The van der Waals surface area contributed by atoms with E-state index in [1.165, 1.54) is 12.8 Å². The molecule has 1 saturated carbocycles. The Morgan fingerprint density at radius 2 is 2.29 bits per heavy atom. The van der Waals surface area contributed by atoms with Crippen molar-refractivity contribution in [3.63, 3.8) is 0 Å². The van der Waals surface area contributed by atoms with Gasteiger partial charge in [-0.25, -0.2) is 0 Å². The number of amidine groups is 1. The molecule has 1 aromatic rings. The van der Waals surface area contributed by atoms with Crippen molar-refractivity contribution in [3.05, 3.63) is 24.0 Å². The second kappa shape index (κ2) is 5.17. The molecular formula is C13H20N4. The first-order valence-electron chi connectivity index (χ1n) is 6.26. The molecule has 1 aliphatic rings. The van der Waals surface area contributed by atoms with E-state index in [0.29, 0.717) is 5.69 Å². The molecule has 0 aliphatic heterocycles. The van der Waals surface area contributed by atoms with Gasteiger partial charge < -0.3 is 10.6 Å². The van der Waals surface area contributed by atoms with E-state index in [2.05, 4.69) is 16.8 Å². The lowest BCUT2D eigenvalue weighted by Gasteiger charge is -2.24. The Bertz CT molecular complexity index is 381. The fourth-order valence-corrected chi connectivity index (χ4v) is 1.94. The second-order valence-electron chi connectivity index (χ2n) is 4.70. The van der Waals surface area contributed by atoms with Crippen LogP contribution in [0.4, 0.5) is 5.69 Å². The summed E-state index contributed by atoms with van der Waals surface area (Å²) >= 11 is 0. The van der Waals surface area contributed by atoms with Gasteiger partial charge in [-0.15, -0.1) is 0 Å². The smallest absolute Gasteiger partial charge is 0.141 e. The molecule has 2 rings (SSSR count). The van der Waals surface area contributed by atoms with Crippen LogP contribution in [0, 0.1) is 11.3 Å². The van der Waals surface area contributed by atoms with Crippen LogP contribution in [0.5, 0.6) is 0 Å². The van der Waals surface area contributed by atoms with Gasteiger partial charge in [0.15, 0.2) is 0 Å². The van der Waals surface area contributed by atoms with Gasteiger partial charge in [-0.1, -0.05) is 6.92 Å². The molecule has 3 N–H and O–H groups in total. The molecule has 4 heteroatoms. The number of nitrogens with one attached hydrogen (secondary N) is 1. The van der Waals surface area contributed by atoms with Crippen LogP contribution < -0.4 is 10.6 Å². The van der Waals surface area contributed by atoms with Crippen molar-refractivity contribution in [1.82, 2.24) is 4.98 Å². The Morgan fingerprint density at radius 1 is 1.53 bits per heavy atom. The maximum absolute atomic E-state index is 7.32. The number of nitrogen functional groups attached to an aromatic ring is 1. The average molecular weight is 232 g/mol. The van der Waals surface area contributed by atoms with E-state index >= 15 is 0 Å². The Morgan fingerprint density at radius 3 is 2.76 bits per heavy atom. The molecule has 0 spiro atoms. The Labute approximate surface area is 102 Å². The van der Waals surface area contributed by atoms with Crippen molar-refractivity contribution in [2.45, 2.75) is 26.2 Å². The lowest BCUT2D eigenvalue weighted by molar-refractivity contribution is 0.707. The summed E-state index contributed by atoms with van der Waals surface area (Å²) in [5.74, 6) is 0.898. The normalized spacial score (nSPS) is 14.6. The molecule has 17 heavy (non-hydrogen) atoms. The SMILES string of the molecule is CCCN(CC1CC1)c1ccc(C(=N)N)nc1. The van der Waals surface area contributed by atoms with Gasteiger partial charge in [-0.2, -0.15) is 0 Å². The zero-order valence-electron chi connectivity index (χ0n) is 10.3. The quantitative estimate of drug-likeness (QED) is 0.582. The maximum Gasteiger partial charge on any atom is 0.141 e. The number of aromatic nitrogens is 1. The monoisotopic (exact) mass is 232 g/mol. The van der Waals surface area contributed by atoms with Crippen molar-refractivity contribution >= 4 is 11.5 Å². The molecular weight excluding hydrogens is 212 g/mol. The highest BCUT2D eigenvalue weighted by molar-refractivity contribution is 5.93. The van der Waals surface area contributed by atoms with Gasteiger partial charge in [-0.05, 0) is 37.3 Å². The van der Waals surface area contributed by atoms with Crippen molar-refractivity contribution in [3.8, 4) is 0 Å². The van der Waals surface area contributed by atoms with Crippen molar-refractivity contribution < 1.29 is 0 Å². The molecule has 1 fully saturated rings. The largest absolute Gasteiger partial charge is 0.382 e. The molecule has 4 nitrogen and oxygen atoms in total. The average Bonchev–Trinajstić information content (AvgIpc) is 3.13. The number of anilines is 1. The molecule has 0 unspecified atom stereocenters. The molecule has 0 saturated heterocycles. The van der Waals surface area contributed by atoms with Crippen molar-refractivity contribution in [1.29, 1.82) is 5.41 Å². The Balaban J connectivity index is 2.08. The van der Waals surface area contributed by atoms with Crippen molar-refractivity contribution in [2.24, 2.45) is 11.7 Å². The highest BCUT2D eigenvalue weighted by Crippen LogP contribution is 2.31. The molecule has 0 radical (unpaired) electrons. The van der Waals surface area contributed by atoms with Gasteiger partial charge in [0.05, 0.1) is 11.9 Å². The van der Waals surface area contributed by atoms with Crippen LogP contribution in [-0.2, 0) is 0 Å². The molecule has 0 aromatic carbocycles. The minimum Gasteiger partial charge on any atom is -0.382 e. The summed E-state index contributed by atoms with van der Waals surface area (Å²) in [5, 5.41) is 7.32. The lowest BCUT2D eigenvalue weighted by atomic mass is 10.2. The number of pyridine rings is 1. The number of rotatable bonds is 6. The summed E-state index contributed by atoms with van der Waals surface area (Å²) in [4.78, 5) is 6.60. The fraction of sp³-hybridized carbons (Fsp3) is 0.538. The standard InChI is InChI=1S/C13H20N4/c1-2-7-17(9-10-3-4-10)11-5-6-12(13(14)15)16-8-11/h5-6,8,10H,2-4,7,9H2,1H3,(H3,14,15). The van der Waals surface area contributed by atoms with E-state index in [4.69, 9.17) is 11.1 Å². The predicted octanol–water partition coefficient (Wildman–Crippen LogP) is 1.99. The minimum atomic E-state index is 0.0285. The fourth-order valence-electron chi connectivity index (χ4n) is 1.94. The highest BCUT2D eigenvalue weighted by atomic mass is 15.1. The first kappa shape index (κ1) is 11.9. The summed E-state index contributed by atoms with van der Waals surface area (Å²) in [6, 6.07) is 3.84. The van der Waals surface area contributed by atoms with Gasteiger partial charge in [0.1, 0.15) is 11.5 Å². The predicted molar refractivity (Wildman–Crippen MR) is 70.5 cm³/mol. The third-order valence-electron chi connectivity index (χ3n) is 3.06. The van der Waals surface area contributed by atoms with Crippen LogP contribution in [0.2, 0.25) is 0 Å². The van der Waals surface area contributed by atoms with Gasteiger partial charge >= 0.3 is 0 Å². The first-order chi connectivity index (χ1) is 8.20. The van der Waals surface area contributed by atoms with Crippen LogP contribution >= 0.6 is 0 Å². The van der Waals surface area contributed by atoms with Crippen LogP contribution in [0.15, 0.2) is 18.3 Å². The van der Waals surface area contributed by atoms with E-state index in [0.717, 1.165) is 31.1 Å². The lowest BCUT2D eigenvalue weighted by Crippen LogP contribution is -2.26. The summed E-state index contributed by atoms with van der Waals surface area (Å²) in [5.41, 5.74) is 7.09. The third-order valence-corrected chi connectivity index (χ3v) is 3.06. The number of nitrogens with zero attached hydrogens (tertiary/aromatic N) is 2. The molecule has 0 bridgehead atoms. The highest BCUT2D eigenvalue weighted by Gasteiger charge is 2.24. The van der Waals surface area contributed by atoms with E-state index in [9.17, 15) is 0 Å². The van der Waals surface area contributed by atoms with Crippen molar-refractivity contribution in [2.75, 3.05) is 18.0 Å². The first-order valence-corrected chi connectivity index (χ1v) is 6.26. The summed E-state index contributed by atoms with van der Waals surface area (Å²) < 4.78 is 0. The van der Waals surface area contributed by atoms with Crippen LogP contribution in [-0.4, -0.2) is 23.9 Å². The Hall–Kier alpha value is -1.58. The Kier molecular flexibility index (Phi) is 3.61. The minimum absolute atomic E-state index is 0.0285. The second-order valence-corrected chi connectivity index (χ2v) is 4.70. The van der Waals surface area contributed by atoms with Gasteiger partial charge in [-0.3, -0.25) is 10.4 Å². The molecule has 92 valence electrons. The summed E-state index contributed by atoms with van der Waals surface area (Å²) in [6.45, 7) is 4.39. The van der Waals surface area contributed by atoms with E-state index in [-0.39, 0.29) is 5.84 Å². The topological polar surface area (TPSA) is 66.0 Å². The summed E-state index contributed by atoms with van der Waals surface area (Å²) in [7, 11) is 0.